The van der Waals surface area contributed by atoms with Crippen molar-refractivity contribution in [1.82, 2.24) is 4.98 Å². The van der Waals surface area contributed by atoms with E-state index in [-0.39, 0.29) is 5.04 Å². The molecule has 3 rings (SSSR count). The highest BCUT2D eigenvalue weighted by Crippen LogP contribution is 2.37. The van der Waals surface area contributed by atoms with Gasteiger partial charge in [-0.15, -0.1) is 0 Å². The summed E-state index contributed by atoms with van der Waals surface area (Å²) in [7, 11) is -1.64. The third-order valence-electron chi connectivity index (χ3n) is 6.25. The van der Waals surface area contributed by atoms with Gasteiger partial charge in [0.25, 0.3) is 0 Å². The van der Waals surface area contributed by atoms with Crippen LogP contribution in [-0.4, -0.2) is 46.1 Å². The molecule has 2 aliphatic rings. The van der Waals surface area contributed by atoms with Crippen LogP contribution in [0.15, 0.2) is 18.2 Å². The van der Waals surface area contributed by atoms with Gasteiger partial charge in [0.1, 0.15) is 11.6 Å². The topological polar surface area (TPSA) is 28.6 Å². The fourth-order valence-electron chi connectivity index (χ4n) is 3.43. The van der Waals surface area contributed by atoms with Crippen LogP contribution >= 0.6 is 0 Å². The van der Waals surface area contributed by atoms with Crippen LogP contribution in [0.4, 0.5) is 11.6 Å². The number of hydrogen-bond donors (Lipinski definition) is 0. The Balaban J connectivity index is 1.57. The van der Waals surface area contributed by atoms with Gasteiger partial charge in [0, 0.05) is 38.7 Å². The van der Waals surface area contributed by atoms with Crippen LogP contribution in [0.5, 0.6) is 0 Å². The molecule has 25 heavy (non-hydrogen) atoms. The number of pyridine rings is 1. The highest BCUT2D eigenvalue weighted by Gasteiger charge is 2.38. The predicted octanol–water partition coefficient (Wildman–Crippen LogP) is 4.53. The smallest absolute Gasteiger partial charge is 0.191 e. The first-order valence-electron chi connectivity index (χ1n) is 9.87. The molecule has 0 aromatic carbocycles. The summed E-state index contributed by atoms with van der Waals surface area (Å²) < 4.78 is 6.45. The zero-order valence-corrected chi connectivity index (χ0v) is 17.7. The zero-order chi connectivity index (χ0) is 18.1. The highest BCUT2D eigenvalue weighted by molar-refractivity contribution is 6.74. The summed E-state index contributed by atoms with van der Waals surface area (Å²) in [5.74, 6) is 2.92. The lowest BCUT2D eigenvalue weighted by atomic mass is 10.1. The fourth-order valence-corrected chi connectivity index (χ4v) is 4.52. The van der Waals surface area contributed by atoms with E-state index in [4.69, 9.17) is 9.41 Å². The minimum absolute atomic E-state index is 0.289. The third kappa shape index (κ3) is 4.37. The van der Waals surface area contributed by atoms with Gasteiger partial charge in [-0.2, -0.15) is 0 Å². The Morgan fingerprint density at radius 2 is 1.72 bits per heavy atom. The van der Waals surface area contributed by atoms with Crippen molar-refractivity contribution in [3.63, 3.8) is 0 Å². The van der Waals surface area contributed by atoms with Crippen LogP contribution in [0.1, 0.15) is 40.0 Å². The molecule has 0 N–H and O–H groups in total. The Bertz CT molecular complexity index is 579. The van der Waals surface area contributed by atoms with E-state index >= 15 is 0 Å². The van der Waals surface area contributed by atoms with E-state index in [9.17, 15) is 0 Å². The van der Waals surface area contributed by atoms with Crippen molar-refractivity contribution < 1.29 is 4.43 Å². The second kappa shape index (κ2) is 7.27. The first kappa shape index (κ1) is 18.7. The van der Waals surface area contributed by atoms with Crippen LogP contribution in [-0.2, 0) is 4.43 Å². The molecule has 0 saturated carbocycles. The van der Waals surface area contributed by atoms with Crippen LogP contribution in [0.3, 0.4) is 0 Å². The SMILES string of the molecule is CC(C)(C)[Si](C)(C)OC[C@@H]1CCN(c2cccc(N3CCCC3)n2)C1. The molecule has 3 heterocycles. The quantitative estimate of drug-likeness (QED) is 0.721. The van der Waals surface area contributed by atoms with Crippen LogP contribution < -0.4 is 9.80 Å². The zero-order valence-electron chi connectivity index (χ0n) is 16.7. The van der Waals surface area contributed by atoms with E-state index in [1.54, 1.807) is 0 Å². The lowest BCUT2D eigenvalue weighted by Gasteiger charge is -2.37. The molecule has 5 heteroatoms. The Kier molecular flexibility index (Phi) is 5.44. The largest absolute Gasteiger partial charge is 0.416 e. The maximum atomic E-state index is 6.45. The first-order chi connectivity index (χ1) is 11.8. The number of nitrogens with zero attached hydrogens (tertiary/aromatic N) is 3. The van der Waals surface area contributed by atoms with Crippen molar-refractivity contribution in [2.75, 3.05) is 42.6 Å². The van der Waals surface area contributed by atoms with E-state index in [0.717, 1.165) is 44.4 Å². The Morgan fingerprint density at radius 3 is 2.36 bits per heavy atom. The van der Waals surface area contributed by atoms with E-state index in [1.165, 1.54) is 19.3 Å². The monoisotopic (exact) mass is 361 g/mol. The number of hydrogen-bond acceptors (Lipinski definition) is 4. The van der Waals surface area contributed by atoms with Crippen LogP contribution in [0, 0.1) is 5.92 Å². The summed E-state index contributed by atoms with van der Waals surface area (Å²) in [4.78, 5) is 9.80. The van der Waals surface area contributed by atoms with Gasteiger partial charge in [-0.1, -0.05) is 26.8 Å². The Hall–Kier alpha value is -1.07. The normalized spacial score (nSPS) is 22.0. The van der Waals surface area contributed by atoms with Crippen molar-refractivity contribution >= 4 is 20.0 Å². The highest BCUT2D eigenvalue weighted by atomic mass is 28.4. The average molecular weight is 362 g/mol. The molecule has 0 spiro atoms. The Labute approximate surface area is 154 Å². The van der Waals surface area contributed by atoms with Gasteiger partial charge in [0.2, 0.25) is 0 Å². The summed E-state index contributed by atoms with van der Waals surface area (Å²) in [6.45, 7) is 17.0. The molecule has 1 atom stereocenters. The van der Waals surface area contributed by atoms with Crippen LogP contribution in [0.2, 0.25) is 18.1 Å². The Morgan fingerprint density at radius 1 is 1.08 bits per heavy atom. The summed E-state index contributed by atoms with van der Waals surface area (Å²) in [6.07, 6.45) is 3.80. The number of anilines is 2. The van der Waals surface area contributed by atoms with Crippen molar-refractivity contribution in [1.29, 1.82) is 0 Å². The molecule has 0 amide bonds. The van der Waals surface area contributed by atoms with Gasteiger partial charge in [-0.3, -0.25) is 0 Å². The van der Waals surface area contributed by atoms with Gasteiger partial charge in [-0.05, 0) is 49.5 Å². The van der Waals surface area contributed by atoms with Crippen molar-refractivity contribution in [2.45, 2.75) is 58.2 Å². The minimum atomic E-state index is -1.64. The lowest BCUT2D eigenvalue weighted by Crippen LogP contribution is -2.42. The molecule has 4 nitrogen and oxygen atoms in total. The van der Waals surface area contributed by atoms with E-state index in [1.807, 2.05) is 0 Å². The summed E-state index contributed by atoms with van der Waals surface area (Å²) >= 11 is 0. The third-order valence-corrected chi connectivity index (χ3v) is 10.7. The van der Waals surface area contributed by atoms with Crippen molar-refractivity contribution in [3.05, 3.63) is 18.2 Å². The molecule has 0 aliphatic carbocycles. The first-order valence-corrected chi connectivity index (χ1v) is 12.8. The van der Waals surface area contributed by atoms with Crippen LogP contribution in [0.25, 0.3) is 0 Å². The lowest BCUT2D eigenvalue weighted by molar-refractivity contribution is 0.238. The fraction of sp³-hybridized carbons (Fsp3) is 0.750. The standard InChI is InChI=1S/C20H35N3OSi/c1-20(2,3)25(4,5)24-16-17-11-14-23(15-17)19-10-8-9-18(21-19)22-12-6-7-13-22/h8-10,17H,6-7,11-16H2,1-5H3/t17-/m1/s1. The molecule has 1 aromatic heterocycles. The summed E-state index contributed by atoms with van der Waals surface area (Å²) in [6, 6.07) is 6.48. The second-order valence-electron chi connectivity index (χ2n) is 9.22. The summed E-state index contributed by atoms with van der Waals surface area (Å²) in [5.41, 5.74) is 0. The molecular formula is C20H35N3OSi. The average Bonchev–Trinajstić information content (AvgIpc) is 3.24. The molecule has 2 aliphatic heterocycles. The van der Waals surface area contributed by atoms with Gasteiger partial charge in [-0.25, -0.2) is 4.98 Å². The number of rotatable bonds is 5. The van der Waals surface area contributed by atoms with E-state index in [2.05, 4.69) is 61.9 Å². The van der Waals surface area contributed by atoms with E-state index < -0.39 is 8.32 Å². The second-order valence-corrected chi connectivity index (χ2v) is 14.0. The van der Waals surface area contributed by atoms with Gasteiger partial charge in [0.05, 0.1) is 0 Å². The van der Waals surface area contributed by atoms with Gasteiger partial charge in [0.15, 0.2) is 8.32 Å². The van der Waals surface area contributed by atoms with Crippen molar-refractivity contribution in [3.8, 4) is 0 Å². The van der Waals surface area contributed by atoms with Gasteiger partial charge >= 0.3 is 0 Å². The number of aromatic nitrogens is 1. The maximum absolute atomic E-state index is 6.45. The molecule has 2 fully saturated rings. The maximum Gasteiger partial charge on any atom is 0.191 e. The van der Waals surface area contributed by atoms with E-state index in [0.29, 0.717) is 5.92 Å². The molecule has 2 saturated heterocycles. The van der Waals surface area contributed by atoms with Crippen molar-refractivity contribution in [2.24, 2.45) is 5.92 Å². The summed E-state index contributed by atoms with van der Waals surface area (Å²) in [5, 5.41) is 0.289. The van der Waals surface area contributed by atoms with Gasteiger partial charge < -0.3 is 14.2 Å². The molecule has 1 aromatic rings. The molecule has 0 unspecified atom stereocenters. The predicted molar refractivity (Wildman–Crippen MR) is 109 cm³/mol. The molecular weight excluding hydrogens is 326 g/mol. The molecule has 140 valence electrons. The minimum Gasteiger partial charge on any atom is -0.416 e. The molecule has 0 radical (unpaired) electrons. The molecule has 0 bridgehead atoms.